The van der Waals surface area contributed by atoms with E-state index >= 15 is 0 Å². The molecule has 1 aliphatic rings. The first-order valence-corrected chi connectivity index (χ1v) is 6.20. The molecule has 3 N–H and O–H groups in total. The first kappa shape index (κ1) is 11.6. The van der Waals surface area contributed by atoms with E-state index in [1.807, 2.05) is 18.2 Å². The van der Waals surface area contributed by atoms with Crippen LogP contribution in [0.15, 0.2) is 30.3 Å². The van der Waals surface area contributed by atoms with E-state index < -0.39 is 0 Å². The Labute approximate surface area is 97.5 Å². The molecule has 88 valence electrons. The van der Waals surface area contributed by atoms with Crippen LogP contribution in [0, 0.1) is 5.41 Å². The van der Waals surface area contributed by atoms with Gasteiger partial charge < -0.3 is 10.8 Å². The highest BCUT2D eigenvalue weighted by Crippen LogP contribution is 2.44. The van der Waals surface area contributed by atoms with E-state index in [9.17, 15) is 5.11 Å². The van der Waals surface area contributed by atoms with Crippen LogP contribution in [0.4, 0.5) is 0 Å². The molecule has 1 unspecified atom stereocenters. The van der Waals surface area contributed by atoms with E-state index in [0.29, 0.717) is 0 Å². The van der Waals surface area contributed by atoms with Gasteiger partial charge >= 0.3 is 0 Å². The molecule has 2 nitrogen and oxygen atoms in total. The molecular formula is C14H21NO. The number of rotatable bonds is 3. The summed E-state index contributed by atoms with van der Waals surface area (Å²) in [6.45, 7) is 0.211. The van der Waals surface area contributed by atoms with Gasteiger partial charge in [0.05, 0.1) is 6.61 Å². The molecule has 2 rings (SSSR count). The van der Waals surface area contributed by atoms with Crippen molar-refractivity contribution in [3.63, 3.8) is 0 Å². The van der Waals surface area contributed by atoms with Gasteiger partial charge in [-0.2, -0.15) is 0 Å². The van der Waals surface area contributed by atoms with Gasteiger partial charge in [-0.3, -0.25) is 0 Å². The van der Waals surface area contributed by atoms with Crippen molar-refractivity contribution in [3.8, 4) is 0 Å². The average molecular weight is 219 g/mol. The third-order valence-corrected chi connectivity index (χ3v) is 3.98. The maximum Gasteiger partial charge on any atom is 0.0505 e. The van der Waals surface area contributed by atoms with Crippen molar-refractivity contribution in [2.45, 2.75) is 38.1 Å². The van der Waals surface area contributed by atoms with E-state index in [0.717, 1.165) is 18.4 Å². The second-order valence-electron chi connectivity index (χ2n) is 4.97. The van der Waals surface area contributed by atoms with Crippen molar-refractivity contribution in [2.24, 2.45) is 11.1 Å². The molecule has 0 heterocycles. The Morgan fingerprint density at radius 3 is 2.31 bits per heavy atom. The van der Waals surface area contributed by atoms with Crippen LogP contribution < -0.4 is 5.73 Å². The van der Waals surface area contributed by atoms with Crippen LogP contribution in [0.1, 0.15) is 43.7 Å². The molecule has 0 aromatic heterocycles. The Balaban J connectivity index is 2.20. The van der Waals surface area contributed by atoms with Gasteiger partial charge in [-0.1, -0.05) is 49.6 Å². The van der Waals surface area contributed by atoms with Crippen molar-refractivity contribution in [1.82, 2.24) is 0 Å². The zero-order chi connectivity index (χ0) is 11.4. The SMILES string of the molecule is NC(c1ccccc1)C1(CO)CCCCC1. The lowest BCUT2D eigenvalue weighted by molar-refractivity contribution is 0.0557. The average Bonchev–Trinajstić information content (AvgIpc) is 2.39. The molecule has 16 heavy (non-hydrogen) atoms. The van der Waals surface area contributed by atoms with E-state index in [2.05, 4.69) is 12.1 Å². The summed E-state index contributed by atoms with van der Waals surface area (Å²) in [7, 11) is 0. The predicted molar refractivity (Wildman–Crippen MR) is 66.0 cm³/mol. The molecule has 0 spiro atoms. The minimum Gasteiger partial charge on any atom is -0.396 e. The Bertz CT molecular complexity index is 317. The molecular weight excluding hydrogens is 198 g/mol. The van der Waals surface area contributed by atoms with Gasteiger partial charge in [0.1, 0.15) is 0 Å². The van der Waals surface area contributed by atoms with Gasteiger partial charge in [0, 0.05) is 11.5 Å². The van der Waals surface area contributed by atoms with Gasteiger partial charge in [-0.25, -0.2) is 0 Å². The summed E-state index contributed by atoms with van der Waals surface area (Å²) in [5.41, 5.74) is 7.42. The van der Waals surface area contributed by atoms with E-state index in [1.165, 1.54) is 19.3 Å². The summed E-state index contributed by atoms with van der Waals surface area (Å²) >= 11 is 0. The van der Waals surface area contributed by atoms with Crippen molar-refractivity contribution >= 4 is 0 Å². The summed E-state index contributed by atoms with van der Waals surface area (Å²) in [6.07, 6.45) is 5.78. The van der Waals surface area contributed by atoms with E-state index in [1.54, 1.807) is 0 Å². The van der Waals surface area contributed by atoms with E-state index in [4.69, 9.17) is 5.73 Å². The quantitative estimate of drug-likeness (QED) is 0.821. The van der Waals surface area contributed by atoms with Crippen LogP contribution in [0.2, 0.25) is 0 Å². The Hall–Kier alpha value is -0.860. The minimum atomic E-state index is -0.0837. The van der Waals surface area contributed by atoms with Gasteiger partial charge in [0.15, 0.2) is 0 Å². The van der Waals surface area contributed by atoms with Gasteiger partial charge in [0.2, 0.25) is 0 Å². The highest BCUT2D eigenvalue weighted by atomic mass is 16.3. The van der Waals surface area contributed by atoms with Crippen LogP contribution in [0.25, 0.3) is 0 Å². The maximum atomic E-state index is 9.69. The number of hydrogen-bond acceptors (Lipinski definition) is 2. The minimum absolute atomic E-state index is 0.0287. The lowest BCUT2D eigenvalue weighted by Crippen LogP contribution is -2.39. The van der Waals surface area contributed by atoms with Crippen LogP contribution in [-0.2, 0) is 0 Å². The standard InChI is InChI=1S/C14H21NO/c15-13(12-7-3-1-4-8-12)14(11-16)9-5-2-6-10-14/h1,3-4,7-8,13,16H,2,5-6,9-11,15H2. The Kier molecular flexibility index (Phi) is 3.62. The molecule has 1 saturated carbocycles. The second-order valence-corrected chi connectivity index (χ2v) is 4.97. The largest absolute Gasteiger partial charge is 0.396 e. The van der Waals surface area contributed by atoms with Crippen molar-refractivity contribution in [1.29, 1.82) is 0 Å². The highest BCUT2D eigenvalue weighted by molar-refractivity contribution is 5.21. The topological polar surface area (TPSA) is 46.2 Å². The zero-order valence-electron chi connectivity index (χ0n) is 9.73. The molecule has 0 aliphatic heterocycles. The predicted octanol–water partition coefficient (Wildman–Crippen LogP) is 2.63. The molecule has 2 heteroatoms. The summed E-state index contributed by atoms with van der Waals surface area (Å²) in [5.74, 6) is 0. The smallest absolute Gasteiger partial charge is 0.0505 e. The maximum absolute atomic E-state index is 9.69. The van der Waals surface area contributed by atoms with Gasteiger partial charge in [0.25, 0.3) is 0 Å². The molecule has 0 bridgehead atoms. The Morgan fingerprint density at radius 2 is 1.75 bits per heavy atom. The van der Waals surface area contributed by atoms with Crippen molar-refractivity contribution < 1.29 is 5.11 Å². The van der Waals surface area contributed by atoms with Gasteiger partial charge in [-0.05, 0) is 18.4 Å². The number of hydrogen-bond donors (Lipinski definition) is 2. The van der Waals surface area contributed by atoms with Crippen molar-refractivity contribution in [2.75, 3.05) is 6.61 Å². The molecule has 1 aromatic carbocycles. The van der Waals surface area contributed by atoms with E-state index in [-0.39, 0.29) is 18.1 Å². The van der Waals surface area contributed by atoms with Crippen LogP contribution in [-0.4, -0.2) is 11.7 Å². The van der Waals surface area contributed by atoms with Crippen LogP contribution in [0.5, 0.6) is 0 Å². The lowest BCUT2D eigenvalue weighted by Gasteiger charge is -2.40. The second kappa shape index (κ2) is 4.98. The molecule has 0 saturated heterocycles. The molecule has 1 aromatic rings. The number of benzene rings is 1. The van der Waals surface area contributed by atoms with Crippen LogP contribution in [0.3, 0.4) is 0 Å². The third kappa shape index (κ3) is 2.13. The number of nitrogens with two attached hydrogens (primary N) is 1. The summed E-state index contributed by atoms with van der Waals surface area (Å²) < 4.78 is 0. The molecule has 0 radical (unpaired) electrons. The third-order valence-electron chi connectivity index (χ3n) is 3.98. The monoisotopic (exact) mass is 219 g/mol. The number of aliphatic hydroxyl groups is 1. The Morgan fingerprint density at radius 1 is 1.12 bits per heavy atom. The lowest BCUT2D eigenvalue weighted by atomic mass is 9.68. The summed E-state index contributed by atoms with van der Waals surface area (Å²) in [4.78, 5) is 0. The molecule has 0 amide bonds. The molecule has 1 aliphatic carbocycles. The van der Waals surface area contributed by atoms with Gasteiger partial charge in [-0.15, -0.1) is 0 Å². The first-order chi connectivity index (χ1) is 7.78. The first-order valence-electron chi connectivity index (χ1n) is 6.20. The highest BCUT2D eigenvalue weighted by Gasteiger charge is 2.37. The molecule has 1 fully saturated rings. The van der Waals surface area contributed by atoms with Crippen molar-refractivity contribution in [3.05, 3.63) is 35.9 Å². The normalized spacial score (nSPS) is 21.6. The summed E-state index contributed by atoms with van der Waals surface area (Å²) in [5, 5.41) is 9.69. The summed E-state index contributed by atoms with van der Waals surface area (Å²) in [6, 6.07) is 10.1. The fourth-order valence-corrected chi connectivity index (χ4v) is 2.84. The number of aliphatic hydroxyl groups excluding tert-OH is 1. The van der Waals surface area contributed by atoms with Crippen LogP contribution >= 0.6 is 0 Å². The fourth-order valence-electron chi connectivity index (χ4n) is 2.84. The fraction of sp³-hybridized carbons (Fsp3) is 0.571. The molecule has 1 atom stereocenters. The zero-order valence-corrected chi connectivity index (χ0v) is 9.73.